The number of amides is 1. The van der Waals surface area contributed by atoms with Gasteiger partial charge in [-0.2, -0.15) is 5.10 Å². The Morgan fingerprint density at radius 1 is 1.22 bits per heavy atom. The number of thioether (sulfide) groups is 1. The summed E-state index contributed by atoms with van der Waals surface area (Å²) in [5, 5.41) is 10.2. The largest absolute Gasteiger partial charge is 0.306 e. The SMILES string of the molecule is Cc1cccnc1NC(=O)c1ccc(CSc2ncn[nH]2)cc1. The number of nitrogens with zero attached hydrogens (tertiary/aromatic N) is 3. The topological polar surface area (TPSA) is 83.6 Å². The van der Waals surface area contributed by atoms with Gasteiger partial charge in [-0.05, 0) is 36.2 Å². The highest BCUT2D eigenvalue weighted by Gasteiger charge is 2.08. The zero-order valence-electron chi connectivity index (χ0n) is 12.5. The number of rotatable bonds is 5. The monoisotopic (exact) mass is 325 g/mol. The molecule has 0 fully saturated rings. The highest BCUT2D eigenvalue weighted by molar-refractivity contribution is 7.98. The minimum atomic E-state index is -0.166. The minimum absolute atomic E-state index is 0.166. The van der Waals surface area contributed by atoms with Crippen molar-refractivity contribution >= 4 is 23.5 Å². The van der Waals surface area contributed by atoms with Gasteiger partial charge >= 0.3 is 0 Å². The first-order valence-corrected chi connectivity index (χ1v) is 8.01. The van der Waals surface area contributed by atoms with Gasteiger partial charge in [-0.3, -0.25) is 9.89 Å². The molecule has 0 bridgehead atoms. The summed E-state index contributed by atoms with van der Waals surface area (Å²) in [5.41, 5.74) is 2.64. The molecule has 0 aliphatic carbocycles. The molecular weight excluding hydrogens is 310 g/mol. The van der Waals surface area contributed by atoms with Crippen LogP contribution in [0.1, 0.15) is 21.5 Å². The number of nitrogens with one attached hydrogen (secondary N) is 2. The summed E-state index contributed by atoms with van der Waals surface area (Å²) in [4.78, 5) is 20.5. The zero-order chi connectivity index (χ0) is 16.1. The number of aromatic amines is 1. The third-order valence-electron chi connectivity index (χ3n) is 3.23. The van der Waals surface area contributed by atoms with Crippen LogP contribution in [0.15, 0.2) is 54.1 Å². The fourth-order valence-corrected chi connectivity index (χ4v) is 2.70. The smallest absolute Gasteiger partial charge is 0.256 e. The fourth-order valence-electron chi connectivity index (χ4n) is 1.96. The standard InChI is InChI=1S/C16H15N5OS/c1-11-3-2-8-17-14(11)20-15(22)13-6-4-12(5-7-13)9-23-16-18-10-19-21-16/h2-8,10H,9H2,1H3,(H,17,20,22)(H,18,19,21). The highest BCUT2D eigenvalue weighted by atomic mass is 32.2. The van der Waals surface area contributed by atoms with Crippen molar-refractivity contribution in [2.45, 2.75) is 17.8 Å². The maximum Gasteiger partial charge on any atom is 0.256 e. The van der Waals surface area contributed by atoms with E-state index >= 15 is 0 Å². The molecule has 0 aliphatic heterocycles. The van der Waals surface area contributed by atoms with E-state index in [9.17, 15) is 4.79 Å². The van der Waals surface area contributed by atoms with Crippen molar-refractivity contribution in [2.24, 2.45) is 0 Å². The molecule has 3 rings (SSSR count). The van der Waals surface area contributed by atoms with E-state index in [1.807, 2.05) is 43.3 Å². The van der Waals surface area contributed by atoms with Gasteiger partial charge in [-0.15, -0.1) is 0 Å². The maximum absolute atomic E-state index is 12.2. The molecule has 0 spiro atoms. The first-order chi connectivity index (χ1) is 11.2. The highest BCUT2D eigenvalue weighted by Crippen LogP contribution is 2.19. The molecule has 7 heteroatoms. The molecule has 0 atom stereocenters. The van der Waals surface area contributed by atoms with Crippen molar-refractivity contribution in [2.75, 3.05) is 5.32 Å². The molecule has 6 nitrogen and oxygen atoms in total. The predicted octanol–water partition coefficient (Wildman–Crippen LogP) is 3.05. The van der Waals surface area contributed by atoms with Crippen LogP contribution in [0.3, 0.4) is 0 Å². The summed E-state index contributed by atoms with van der Waals surface area (Å²) >= 11 is 1.56. The zero-order valence-corrected chi connectivity index (χ0v) is 13.3. The Balaban J connectivity index is 1.62. The van der Waals surface area contributed by atoms with E-state index in [4.69, 9.17) is 0 Å². The van der Waals surface area contributed by atoms with Crippen LogP contribution in [0.25, 0.3) is 0 Å². The molecule has 0 saturated carbocycles. The third-order valence-corrected chi connectivity index (χ3v) is 4.17. The summed E-state index contributed by atoms with van der Waals surface area (Å²) in [5.74, 6) is 1.18. The Bertz CT molecular complexity index is 786. The second-order valence-electron chi connectivity index (χ2n) is 4.90. The number of H-pyrrole nitrogens is 1. The lowest BCUT2D eigenvalue weighted by atomic mass is 10.1. The summed E-state index contributed by atoms with van der Waals surface area (Å²) < 4.78 is 0. The first-order valence-electron chi connectivity index (χ1n) is 7.02. The van der Waals surface area contributed by atoms with Crippen molar-refractivity contribution in [3.63, 3.8) is 0 Å². The van der Waals surface area contributed by atoms with Crippen LogP contribution in [0, 0.1) is 6.92 Å². The lowest BCUT2D eigenvalue weighted by Crippen LogP contribution is -2.13. The quantitative estimate of drug-likeness (QED) is 0.704. The van der Waals surface area contributed by atoms with Crippen LogP contribution >= 0.6 is 11.8 Å². The van der Waals surface area contributed by atoms with E-state index in [0.717, 1.165) is 22.0 Å². The molecule has 1 aromatic carbocycles. The van der Waals surface area contributed by atoms with E-state index in [0.29, 0.717) is 11.4 Å². The number of carbonyl (C=O) groups excluding carboxylic acids is 1. The molecule has 2 aromatic heterocycles. The molecule has 0 unspecified atom stereocenters. The second-order valence-corrected chi connectivity index (χ2v) is 5.86. The summed E-state index contributed by atoms with van der Waals surface area (Å²) in [7, 11) is 0. The number of benzene rings is 1. The van der Waals surface area contributed by atoms with Gasteiger partial charge in [0.25, 0.3) is 5.91 Å². The molecule has 3 aromatic rings. The van der Waals surface area contributed by atoms with Crippen molar-refractivity contribution in [1.29, 1.82) is 0 Å². The number of hydrogen-bond donors (Lipinski definition) is 2. The summed E-state index contributed by atoms with van der Waals surface area (Å²) in [6.07, 6.45) is 3.14. The molecule has 116 valence electrons. The van der Waals surface area contributed by atoms with Gasteiger partial charge in [0.05, 0.1) is 0 Å². The Morgan fingerprint density at radius 3 is 2.74 bits per heavy atom. The van der Waals surface area contributed by atoms with Gasteiger partial charge in [-0.1, -0.05) is 30.0 Å². The van der Waals surface area contributed by atoms with E-state index in [1.54, 1.807) is 18.0 Å². The van der Waals surface area contributed by atoms with Crippen LogP contribution in [0.2, 0.25) is 0 Å². The Labute approximate surface area is 137 Å². The predicted molar refractivity (Wildman–Crippen MR) is 89.3 cm³/mol. The maximum atomic E-state index is 12.2. The summed E-state index contributed by atoms with van der Waals surface area (Å²) in [6, 6.07) is 11.2. The minimum Gasteiger partial charge on any atom is -0.306 e. The first kappa shape index (κ1) is 15.2. The van der Waals surface area contributed by atoms with Crippen LogP contribution < -0.4 is 5.32 Å². The molecule has 2 N–H and O–H groups in total. The van der Waals surface area contributed by atoms with Gasteiger partial charge in [0.15, 0.2) is 5.16 Å². The van der Waals surface area contributed by atoms with E-state index < -0.39 is 0 Å². The number of pyridine rings is 1. The van der Waals surface area contributed by atoms with Gasteiger partial charge in [0, 0.05) is 17.5 Å². The van der Waals surface area contributed by atoms with Crippen molar-refractivity contribution < 1.29 is 4.79 Å². The van der Waals surface area contributed by atoms with Gasteiger partial charge < -0.3 is 5.32 Å². The second kappa shape index (κ2) is 7.06. The third kappa shape index (κ3) is 3.95. The van der Waals surface area contributed by atoms with Gasteiger partial charge in [-0.25, -0.2) is 9.97 Å². The van der Waals surface area contributed by atoms with Gasteiger partial charge in [0.1, 0.15) is 12.1 Å². The van der Waals surface area contributed by atoms with E-state index in [2.05, 4.69) is 25.5 Å². The Hall–Kier alpha value is -2.67. The lowest BCUT2D eigenvalue weighted by molar-refractivity contribution is 0.102. The molecule has 0 aliphatic rings. The molecule has 0 radical (unpaired) electrons. The summed E-state index contributed by atoms with van der Waals surface area (Å²) in [6.45, 7) is 1.91. The number of anilines is 1. The molecule has 0 saturated heterocycles. The van der Waals surface area contributed by atoms with Crippen molar-refractivity contribution in [3.8, 4) is 0 Å². The van der Waals surface area contributed by atoms with Crippen molar-refractivity contribution in [1.82, 2.24) is 20.2 Å². The van der Waals surface area contributed by atoms with Gasteiger partial charge in [0.2, 0.25) is 0 Å². The van der Waals surface area contributed by atoms with E-state index in [1.165, 1.54) is 6.33 Å². The van der Waals surface area contributed by atoms with Crippen molar-refractivity contribution in [3.05, 3.63) is 65.6 Å². The number of aromatic nitrogens is 4. The normalized spacial score (nSPS) is 10.5. The molecule has 2 heterocycles. The van der Waals surface area contributed by atoms with Crippen LogP contribution in [0.4, 0.5) is 5.82 Å². The Kier molecular flexibility index (Phi) is 4.68. The molecule has 23 heavy (non-hydrogen) atoms. The molecular formula is C16H15N5OS. The van der Waals surface area contributed by atoms with Crippen LogP contribution in [-0.2, 0) is 5.75 Å². The Morgan fingerprint density at radius 2 is 2.04 bits per heavy atom. The number of aryl methyl sites for hydroxylation is 1. The molecule has 1 amide bonds. The van der Waals surface area contributed by atoms with E-state index in [-0.39, 0.29) is 5.91 Å². The lowest BCUT2D eigenvalue weighted by Gasteiger charge is -2.07. The van der Waals surface area contributed by atoms with Crippen LogP contribution in [-0.4, -0.2) is 26.1 Å². The number of hydrogen-bond acceptors (Lipinski definition) is 5. The average molecular weight is 325 g/mol. The fraction of sp³-hybridized carbons (Fsp3) is 0.125. The average Bonchev–Trinajstić information content (AvgIpc) is 3.09. The van der Waals surface area contributed by atoms with Crippen LogP contribution in [0.5, 0.6) is 0 Å². The number of carbonyl (C=O) groups is 1.